The van der Waals surface area contributed by atoms with Gasteiger partial charge in [0.15, 0.2) is 0 Å². The molecule has 5 heteroatoms. The Bertz CT molecular complexity index is 713. The Kier molecular flexibility index (Phi) is 4.40. The molecule has 0 aliphatic carbocycles. The van der Waals surface area contributed by atoms with Crippen LogP contribution in [0.4, 0.5) is 4.39 Å². The summed E-state index contributed by atoms with van der Waals surface area (Å²) in [7, 11) is -2.97. The van der Waals surface area contributed by atoms with E-state index >= 15 is 0 Å². The van der Waals surface area contributed by atoms with E-state index in [1.807, 2.05) is 12.1 Å². The maximum absolute atomic E-state index is 13.7. The summed E-state index contributed by atoms with van der Waals surface area (Å²) in [5.41, 5.74) is 6.98. The second kappa shape index (κ2) is 5.89. The Hall–Kier alpha value is -1.46. The Morgan fingerprint density at radius 1 is 1.15 bits per heavy atom. The second-order valence-electron chi connectivity index (χ2n) is 5.06. The van der Waals surface area contributed by atoms with E-state index in [-0.39, 0.29) is 17.6 Å². The zero-order valence-electron chi connectivity index (χ0n) is 11.3. The van der Waals surface area contributed by atoms with Crippen molar-refractivity contribution in [2.45, 2.75) is 18.9 Å². The molecule has 0 bridgehead atoms. The van der Waals surface area contributed by atoms with Crippen molar-refractivity contribution in [3.63, 3.8) is 0 Å². The average Bonchev–Trinajstić information content (AvgIpc) is 2.38. The Morgan fingerprint density at radius 2 is 1.80 bits per heavy atom. The van der Waals surface area contributed by atoms with Crippen molar-refractivity contribution < 1.29 is 12.8 Å². The fraction of sp³-hybridized carbons (Fsp3) is 0.333. The van der Waals surface area contributed by atoms with Crippen molar-refractivity contribution in [3.8, 4) is 0 Å². The molecule has 1 atom stereocenters. The van der Waals surface area contributed by atoms with Gasteiger partial charge in [-0.2, -0.15) is 0 Å². The van der Waals surface area contributed by atoms with Crippen molar-refractivity contribution in [2.75, 3.05) is 12.0 Å². The van der Waals surface area contributed by atoms with Gasteiger partial charge in [-0.25, -0.2) is 12.8 Å². The highest BCUT2D eigenvalue weighted by Gasteiger charge is 2.13. The molecule has 3 nitrogen and oxygen atoms in total. The summed E-state index contributed by atoms with van der Waals surface area (Å²) in [6.07, 6.45) is 2.28. The van der Waals surface area contributed by atoms with Gasteiger partial charge in [0.2, 0.25) is 0 Å². The normalized spacial score (nSPS) is 13.6. The van der Waals surface area contributed by atoms with Crippen molar-refractivity contribution in [2.24, 2.45) is 5.73 Å². The number of sulfone groups is 1. The van der Waals surface area contributed by atoms with Crippen LogP contribution in [0, 0.1) is 5.82 Å². The van der Waals surface area contributed by atoms with Crippen LogP contribution in [-0.2, 0) is 9.84 Å². The quantitative estimate of drug-likeness (QED) is 0.922. The van der Waals surface area contributed by atoms with Crippen LogP contribution in [0.15, 0.2) is 36.4 Å². The van der Waals surface area contributed by atoms with E-state index in [0.717, 1.165) is 10.9 Å². The van der Waals surface area contributed by atoms with Crippen molar-refractivity contribution in [3.05, 3.63) is 47.8 Å². The minimum Gasteiger partial charge on any atom is -0.324 e. The van der Waals surface area contributed by atoms with Crippen LogP contribution in [0.25, 0.3) is 10.8 Å². The van der Waals surface area contributed by atoms with Gasteiger partial charge in [-0.3, -0.25) is 0 Å². The minimum absolute atomic E-state index is 0.125. The molecule has 20 heavy (non-hydrogen) atoms. The molecule has 2 aromatic carbocycles. The fourth-order valence-electron chi connectivity index (χ4n) is 2.33. The molecule has 0 radical (unpaired) electrons. The molecule has 0 saturated carbocycles. The summed E-state index contributed by atoms with van der Waals surface area (Å²) >= 11 is 0. The van der Waals surface area contributed by atoms with E-state index in [2.05, 4.69) is 0 Å². The first-order valence-corrected chi connectivity index (χ1v) is 8.55. The summed E-state index contributed by atoms with van der Waals surface area (Å²) in [6.45, 7) is 0. The van der Waals surface area contributed by atoms with E-state index in [1.54, 1.807) is 18.2 Å². The molecule has 108 valence electrons. The van der Waals surface area contributed by atoms with Crippen molar-refractivity contribution in [1.29, 1.82) is 0 Å². The van der Waals surface area contributed by atoms with Gasteiger partial charge in [0.05, 0.1) is 0 Å². The van der Waals surface area contributed by atoms with Gasteiger partial charge >= 0.3 is 0 Å². The van der Waals surface area contributed by atoms with Crippen molar-refractivity contribution in [1.82, 2.24) is 0 Å². The largest absolute Gasteiger partial charge is 0.324 e. The predicted molar refractivity (Wildman–Crippen MR) is 79.8 cm³/mol. The minimum atomic E-state index is -2.97. The van der Waals surface area contributed by atoms with Crippen LogP contribution in [-0.4, -0.2) is 20.4 Å². The molecule has 2 rings (SSSR count). The summed E-state index contributed by atoms with van der Waals surface area (Å²) in [6, 6.07) is 9.99. The van der Waals surface area contributed by atoms with Gasteiger partial charge in [0, 0.05) is 23.4 Å². The molecule has 0 amide bonds. The fourth-order valence-corrected chi connectivity index (χ4v) is 3.02. The van der Waals surface area contributed by atoms with E-state index in [0.29, 0.717) is 18.2 Å². The highest BCUT2D eigenvalue weighted by Crippen LogP contribution is 2.27. The zero-order valence-corrected chi connectivity index (χ0v) is 12.2. The molecule has 0 saturated heterocycles. The molecule has 1 unspecified atom stereocenters. The van der Waals surface area contributed by atoms with Gasteiger partial charge in [0.25, 0.3) is 0 Å². The molecule has 0 aliphatic rings. The van der Waals surface area contributed by atoms with Crippen LogP contribution in [0.3, 0.4) is 0 Å². The standard InChI is InChI=1S/C15H18FNO2S/c1-20(18,19)10-4-7-15(17)13-8-9-14(16)12-6-3-2-5-11(12)13/h2-3,5-6,8-9,15H,4,7,10,17H2,1H3. The van der Waals surface area contributed by atoms with E-state index < -0.39 is 9.84 Å². The predicted octanol–water partition coefficient (Wildman–Crippen LogP) is 2.80. The third-order valence-electron chi connectivity index (χ3n) is 3.33. The van der Waals surface area contributed by atoms with Gasteiger partial charge in [0.1, 0.15) is 15.7 Å². The summed E-state index contributed by atoms with van der Waals surface area (Å²) in [5.74, 6) is -0.146. The first kappa shape index (κ1) is 14.9. The van der Waals surface area contributed by atoms with E-state index in [4.69, 9.17) is 5.73 Å². The number of hydrogen-bond donors (Lipinski definition) is 1. The number of hydrogen-bond acceptors (Lipinski definition) is 3. The molecule has 0 spiro atoms. The lowest BCUT2D eigenvalue weighted by Gasteiger charge is -2.15. The number of fused-ring (bicyclic) bond motifs is 1. The van der Waals surface area contributed by atoms with Crippen LogP contribution < -0.4 is 5.73 Å². The van der Waals surface area contributed by atoms with Gasteiger partial charge < -0.3 is 5.73 Å². The third kappa shape index (κ3) is 3.55. The number of rotatable bonds is 5. The number of halogens is 1. The first-order valence-electron chi connectivity index (χ1n) is 6.49. The lowest BCUT2D eigenvalue weighted by atomic mass is 9.96. The molecule has 0 aromatic heterocycles. The van der Waals surface area contributed by atoms with Crippen LogP contribution in [0.2, 0.25) is 0 Å². The summed E-state index contributed by atoms with van der Waals surface area (Å²) < 4.78 is 35.9. The van der Waals surface area contributed by atoms with Crippen molar-refractivity contribution >= 4 is 20.6 Å². The van der Waals surface area contributed by atoms with Crippen LogP contribution >= 0.6 is 0 Å². The zero-order chi connectivity index (χ0) is 14.8. The average molecular weight is 295 g/mol. The monoisotopic (exact) mass is 295 g/mol. The smallest absolute Gasteiger partial charge is 0.147 e. The van der Waals surface area contributed by atoms with Crippen LogP contribution in [0.5, 0.6) is 0 Å². The van der Waals surface area contributed by atoms with E-state index in [1.165, 1.54) is 12.3 Å². The van der Waals surface area contributed by atoms with Crippen LogP contribution in [0.1, 0.15) is 24.4 Å². The van der Waals surface area contributed by atoms with Gasteiger partial charge in [-0.1, -0.05) is 30.3 Å². The summed E-state index contributed by atoms with van der Waals surface area (Å²) in [5, 5.41) is 1.34. The molecule has 2 N–H and O–H groups in total. The third-order valence-corrected chi connectivity index (χ3v) is 4.36. The molecular weight excluding hydrogens is 277 g/mol. The Morgan fingerprint density at radius 3 is 2.45 bits per heavy atom. The van der Waals surface area contributed by atoms with Gasteiger partial charge in [-0.15, -0.1) is 0 Å². The maximum atomic E-state index is 13.7. The number of benzene rings is 2. The lowest BCUT2D eigenvalue weighted by Crippen LogP contribution is -2.13. The molecular formula is C15H18FNO2S. The summed E-state index contributed by atoms with van der Waals surface area (Å²) in [4.78, 5) is 0. The molecule has 0 fully saturated rings. The lowest BCUT2D eigenvalue weighted by molar-refractivity contribution is 0.588. The van der Waals surface area contributed by atoms with E-state index in [9.17, 15) is 12.8 Å². The Labute approximate surface area is 118 Å². The highest BCUT2D eigenvalue weighted by atomic mass is 32.2. The molecule has 2 aromatic rings. The maximum Gasteiger partial charge on any atom is 0.147 e. The van der Waals surface area contributed by atoms with Gasteiger partial charge in [-0.05, 0) is 29.9 Å². The highest BCUT2D eigenvalue weighted by molar-refractivity contribution is 7.90. The second-order valence-corrected chi connectivity index (χ2v) is 7.32. The molecule has 0 aliphatic heterocycles. The number of nitrogens with two attached hydrogens (primary N) is 1. The SMILES string of the molecule is CS(=O)(=O)CCCC(N)c1ccc(F)c2ccccc12. The Balaban J connectivity index is 2.22. The molecule has 0 heterocycles. The first-order chi connectivity index (χ1) is 9.38. The topological polar surface area (TPSA) is 60.2 Å².